The van der Waals surface area contributed by atoms with E-state index >= 15 is 0 Å². The van der Waals surface area contributed by atoms with E-state index in [-0.39, 0.29) is 12.3 Å². The number of nitrogens with one attached hydrogen (secondary N) is 1. The molecule has 0 spiro atoms. The van der Waals surface area contributed by atoms with Crippen molar-refractivity contribution < 1.29 is 9.53 Å². The van der Waals surface area contributed by atoms with Crippen molar-refractivity contribution in [1.29, 1.82) is 0 Å². The Bertz CT molecular complexity index is 1240. The highest BCUT2D eigenvalue weighted by Gasteiger charge is 2.11. The number of benzene rings is 3. The number of nitrogens with zero attached hydrogens (tertiary/aromatic N) is 2. The standard InChI is InChI=1S/C27H28ClN3O2/c1-20-9-2-7-14-25(20)33-18-17-31-24-13-6-5-12-23(24)30-26(31)15-8-16-29-27(32)19-21-10-3-4-11-22(21)28/h2-7,9-14H,8,15-19H2,1H3,(H,29,32). The Morgan fingerprint density at radius 1 is 1.03 bits per heavy atom. The van der Waals surface area contributed by atoms with Crippen LogP contribution in [0.15, 0.2) is 72.8 Å². The lowest BCUT2D eigenvalue weighted by Gasteiger charge is -2.12. The summed E-state index contributed by atoms with van der Waals surface area (Å²) in [7, 11) is 0. The van der Waals surface area contributed by atoms with E-state index in [1.807, 2.05) is 67.6 Å². The lowest BCUT2D eigenvalue weighted by Crippen LogP contribution is -2.26. The first-order chi connectivity index (χ1) is 16.1. The van der Waals surface area contributed by atoms with Crippen molar-refractivity contribution in [2.75, 3.05) is 13.2 Å². The number of aryl methyl sites for hydroxylation is 2. The molecule has 0 saturated heterocycles. The monoisotopic (exact) mass is 461 g/mol. The van der Waals surface area contributed by atoms with Crippen LogP contribution in [0.25, 0.3) is 11.0 Å². The van der Waals surface area contributed by atoms with Gasteiger partial charge < -0.3 is 14.6 Å². The average molecular weight is 462 g/mol. The van der Waals surface area contributed by atoms with Gasteiger partial charge in [-0.1, -0.05) is 60.1 Å². The van der Waals surface area contributed by atoms with E-state index in [1.54, 1.807) is 6.07 Å². The van der Waals surface area contributed by atoms with Gasteiger partial charge in [0.05, 0.1) is 24.0 Å². The highest BCUT2D eigenvalue weighted by Crippen LogP contribution is 2.19. The second kappa shape index (κ2) is 11.0. The number of rotatable bonds is 10. The first kappa shape index (κ1) is 22.9. The molecule has 1 N–H and O–H groups in total. The van der Waals surface area contributed by atoms with Crippen molar-refractivity contribution in [3.8, 4) is 5.75 Å². The first-order valence-corrected chi connectivity index (χ1v) is 11.6. The molecule has 6 heteroatoms. The maximum atomic E-state index is 12.3. The van der Waals surface area contributed by atoms with Crippen molar-refractivity contribution in [3.63, 3.8) is 0 Å². The largest absolute Gasteiger partial charge is 0.491 e. The van der Waals surface area contributed by atoms with Gasteiger partial charge in [-0.25, -0.2) is 4.98 Å². The summed E-state index contributed by atoms with van der Waals surface area (Å²) >= 11 is 6.15. The van der Waals surface area contributed by atoms with E-state index in [2.05, 4.69) is 16.0 Å². The molecule has 0 bridgehead atoms. The fourth-order valence-corrected chi connectivity index (χ4v) is 4.09. The fraction of sp³-hybridized carbons (Fsp3) is 0.259. The summed E-state index contributed by atoms with van der Waals surface area (Å²) in [5.41, 5.74) is 4.04. The number of ether oxygens (including phenoxy) is 1. The minimum absolute atomic E-state index is 0.0248. The van der Waals surface area contributed by atoms with Crippen LogP contribution in [-0.4, -0.2) is 28.6 Å². The van der Waals surface area contributed by atoms with E-state index < -0.39 is 0 Å². The van der Waals surface area contributed by atoms with Crippen LogP contribution in [-0.2, 0) is 24.2 Å². The van der Waals surface area contributed by atoms with Crippen LogP contribution in [0.2, 0.25) is 5.02 Å². The average Bonchev–Trinajstić information content (AvgIpc) is 3.17. The summed E-state index contributed by atoms with van der Waals surface area (Å²) in [6.07, 6.45) is 1.86. The van der Waals surface area contributed by atoms with Gasteiger partial charge in [-0.2, -0.15) is 0 Å². The highest BCUT2D eigenvalue weighted by molar-refractivity contribution is 6.31. The number of hydrogen-bond acceptors (Lipinski definition) is 3. The van der Waals surface area contributed by atoms with Gasteiger partial charge in [0.25, 0.3) is 0 Å². The number of carbonyl (C=O) groups excluding carboxylic acids is 1. The molecule has 1 amide bonds. The summed E-state index contributed by atoms with van der Waals surface area (Å²) in [4.78, 5) is 17.1. The minimum Gasteiger partial charge on any atom is -0.491 e. The van der Waals surface area contributed by atoms with Crippen LogP contribution in [0.3, 0.4) is 0 Å². The van der Waals surface area contributed by atoms with Crippen molar-refractivity contribution in [3.05, 3.63) is 94.8 Å². The molecular formula is C27H28ClN3O2. The number of amides is 1. The quantitative estimate of drug-likeness (QED) is 0.323. The Kier molecular flexibility index (Phi) is 7.63. The van der Waals surface area contributed by atoms with E-state index in [4.69, 9.17) is 21.3 Å². The SMILES string of the molecule is Cc1ccccc1OCCn1c(CCCNC(=O)Cc2ccccc2Cl)nc2ccccc21. The first-order valence-electron chi connectivity index (χ1n) is 11.2. The highest BCUT2D eigenvalue weighted by atomic mass is 35.5. The zero-order valence-corrected chi connectivity index (χ0v) is 19.5. The molecule has 170 valence electrons. The fourth-order valence-electron chi connectivity index (χ4n) is 3.88. The van der Waals surface area contributed by atoms with Crippen LogP contribution in [0.5, 0.6) is 5.75 Å². The molecule has 0 atom stereocenters. The molecule has 0 aliphatic rings. The van der Waals surface area contributed by atoms with E-state index in [9.17, 15) is 4.79 Å². The zero-order valence-electron chi connectivity index (χ0n) is 18.8. The van der Waals surface area contributed by atoms with Gasteiger partial charge in [-0.3, -0.25) is 4.79 Å². The van der Waals surface area contributed by atoms with E-state index in [1.165, 1.54) is 0 Å². The topological polar surface area (TPSA) is 56.1 Å². The Labute approximate surface area is 199 Å². The third kappa shape index (κ3) is 5.93. The van der Waals surface area contributed by atoms with E-state index in [0.717, 1.165) is 46.6 Å². The summed E-state index contributed by atoms with van der Waals surface area (Å²) in [5, 5.41) is 3.61. The maximum absolute atomic E-state index is 12.3. The second-order valence-electron chi connectivity index (χ2n) is 8.00. The molecular weight excluding hydrogens is 434 g/mol. The molecule has 4 rings (SSSR count). The zero-order chi connectivity index (χ0) is 23.0. The molecule has 0 unspecified atom stereocenters. The van der Waals surface area contributed by atoms with Gasteiger partial charge in [0, 0.05) is 18.0 Å². The molecule has 0 radical (unpaired) electrons. The molecule has 0 aliphatic carbocycles. The Hall–Kier alpha value is -3.31. The second-order valence-corrected chi connectivity index (χ2v) is 8.41. The molecule has 33 heavy (non-hydrogen) atoms. The van der Waals surface area contributed by atoms with E-state index in [0.29, 0.717) is 24.7 Å². The number of fused-ring (bicyclic) bond motifs is 1. The van der Waals surface area contributed by atoms with Crippen LogP contribution in [0.4, 0.5) is 0 Å². The summed E-state index contributed by atoms with van der Waals surface area (Å²) in [6, 6.07) is 23.6. The molecule has 1 heterocycles. The molecule has 5 nitrogen and oxygen atoms in total. The molecule has 0 saturated carbocycles. The predicted octanol–water partition coefficient (Wildman–Crippen LogP) is 5.37. The van der Waals surface area contributed by atoms with Crippen LogP contribution < -0.4 is 10.1 Å². The minimum atomic E-state index is -0.0248. The summed E-state index contributed by atoms with van der Waals surface area (Å²) in [6.45, 7) is 3.91. The normalized spacial score (nSPS) is 11.0. The Balaban J connectivity index is 1.34. The Morgan fingerprint density at radius 3 is 2.64 bits per heavy atom. The van der Waals surface area contributed by atoms with Crippen molar-refractivity contribution in [2.45, 2.75) is 32.7 Å². The molecule has 0 aliphatic heterocycles. The van der Waals surface area contributed by atoms with Gasteiger partial charge in [-0.15, -0.1) is 0 Å². The van der Waals surface area contributed by atoms with Gasteiger partial charge in [0.15, 0.2) is 0 Å². The van der Waals surface area contributed by atoms with Crippen LogP contribution in [0.1, 0.15) is 23.4 Å². The summed E-state index contributed by atoms with van der Waals surface area (Å²) in [5.74, 6) is 1.89. The summed E-state index contributed by atoms with van der Waals surface area (Å²) < 4.78 is 8.24. The van der Waals surface area contributed by atoms with Crippen molar-refractivity contribution in [2.24, 2.45) is 0 Å². The smallest absolute Gasteiger partial charge is 0.224 e. The van der Waals surface area contributed by atoms with Gasteiger partial charge in [0.2, 0.25) is 5.91 Å². The lowest BCUT2D eigenvalue weighted by atomic mass is 10.1. The number of carbonyl (C=O) groups is 1. The van der Waals surface area contributed by atoms with Crippen molar-refractivity contribution >= 4 is 28.5 Å². The van der Waals surface area contributed by atoms with Gasteiger partial charge in [0.1, 0.15) is 18.2 Å². The lowest BCUT2D eigenvalue weighted by molar-refractivity contribution is -0.120. The molecule has 1 aromatic heterocycles. The number of halogens is 1. The maximum Gasteiger partial charge on any atom is 0.224 e. The number of imidazole rings is 1. The number of hydrogen-bond donors (Lipinski definition) is 1. The van der Waals surface area contributed by atoms with Gasteiger partial charge >= 0.3 is 0 Å². The molecule has 3 aromatic carbocycles. The number of para-hydroxylation sites is 3. The van der Waals surface area contributed by atoms with Crippen LogP contribution >= 0.6 is 11.6 Å². The Morgan fingerprint density at radius 2 is 1.79 bits per heavy atom. The molecule has 4 aromatic rings. The third-order valence-electron chi connectivity index (χ3n) is 5.61. The molecule has 0 fully saturated rings. The number of aromatic nitrogens is 2. The predicted molar refractivity (Wildman–Crippen MR) is 133 cm³/mol. The third-order valence-corrected chi connectivity index (χ3v) is 5.98. The van der Waals surface area contributed by atoms with Crippen LogP contribution in [0, 0.1) is 6.92 Å². The van der Waals surface area contributed by atoms with Gasteiger partial charge in [-0.05, 0) is 48.7 Å². The van der Waals surface area contributed by atoms with Crippen molar-refractivity contribution in [1.82, 2.24) is 14.9 Å².